The van der Waals surface area contributed by atoms with E-state index >= 15 is 0 Å². The molecule has 0 unspecified atom stereocenters. The number of carbonyl (C=O) groups is 1. The summed E-state index contributed by atoms with van der Waals surface area (Å²) in [6, 6.07) is 4.76. The first-order chi connectivity index (χ1) is 13.8. The maximum Gasteiger partial charge on any atom is 0.338 e. The molecule has 0 saturated heterocycles. The van der Waals surface area contributed by atoms with Crippen LogP contribution in [0.1, 0.15) is 41.6 Å². The van der Waals surface area contributed by atoms with E-state index in [4.69, 9.17) is 34.6 Å². The van der Waals surface area contributed by atoms with Crippen molar-refractivity contribution in [3.05, 3.63) is 46.2 Å². The molecule has 1 aromatic carbocycles. The minimum Gasteiger partial charge on any atom is -0.493 e. The van der Waals surface area contributed by atoms with Crippen LogP contribution in [-0.4, -0.2) is 29.4 Å². The first-order valence-electron chi connectivity index (χ1n) is 8.89. The summed E-state index contributed by atoms with van der Waals surface area (Å²) < 4.78 is 27.2. The second-order valence-electron chi connectivity index (χ2n) is 6.56. The monoisotopic (exact) mass is 420 g/mol. The van der Waals surface area contributed by atoms with Crippen LogP contribution in [0.15, 0.2) is 27.0 Å². The van der Waals surface area contributed by atoms with Gasteiger partial charge in [-0.2, -0.15) is 0 Å². The average molecular weight is 421 g/mol. The van der Waals surface area contributed by atoms with Crippen LogP contribution in [0.4, 0.5) is 0 Å². The third kappa shape index (κ3) is 4.71. The highest BCUT2D eigenvalue weighted by Crippen LogP contribution is 2.37. The lowest BCUT2D eigenvalue weighted by Crippen LogP contribution is -2.09. The molecule has 0 N–H and O–H groups in total. The number of halogens is 1. The molecular formula is C20H21ClN2O6. The van der Waals surface area contributed by atoms with Crippen LogP contribution in [0.2, 0.25) is 5.02 Å². The fourth-order valence-corrected chi connectivity index (χ4v) is 2.92. The van der Waals surface area contributed by atoms with Crippen molar-refractivity contribution in [2.45, 2.75) is 40.4 Å². The quantitative estimate of drug-likeness (QED) is 0.505. The van der Waals surface area contributed by atoms with E-state index < -0.39 is 5.97 Å². The first kappa shape index (κ1) is 20.7. The number of aromatic nitrogens is 2. The molecule has 0 aliphatic rings. The molecule has 0 atom stereocenters. The maximum absolute atomic E-state index is 12.4. The molecule has 2 aromatic heterocycles. The van der Waals surface area contributed by atoms with Crippen molar-refractivity contribution in [2.75, 3.05) is 7.11 Å². The van der Waals surface area contributed by atoms with E-state index in [0.717, 1.165) is 5.76 Å². The molecule has 2 heterocycles. The summed E-state index contributed by atoms with van der Waals surface area (Å²) in [6.45, 7) is 7.17. The smallest absolute Gasteiger partial charge is 0.338 e. The highest BCUT2D eigenvalue weighted by Gasteiger charge is 2.19. The normalized spacial score (nSPS) is 11.0. The number of esters is 1. The van der Waals surface area contributed by atoms with E-state index in [2.05, 4.69) is 10.2 Å². The largest absolute Gasteiger partial charge is 0.493 e. The molecule has 0 amide bonds. The summed E-state index contributed by atoms with van der Waals surface area (Å²) >= 11 is 6.24. The lowest BCUT2D eigenvalue weighted by atomic mass is 10.2. The molecule has 3 aromatic rings. The summed E-state index contributed by atoms with van der Waals surface area (Å²) in [5, 5.41) is 8.11. The molecule has 154 valence electrons. The molecule has 0 radical (unpaired) electrons. The number of furan rings is 1. The molecule has 3 rings (SSSR count). The Morgan fingerprint density at radius 1 is 1.17 bits per heavy atom. The zero-order chi connectivity index (χ0) is 21.1. The number of nitrogens with zero attached hydrogens (tertiary/aromatic N) is 2. The van der Waals surface area contributed by atoms with E-state index in [0.29, 0.717) is 28.7 Å². The van der Waals surface area contributed by atoms with Crippen molar-refractivity contribution in [1.29, 1.82) is 0 Å². The Morgan fingerprint density at radius 2 is 1.93 bits per heavy atom. The third-order valence-corrected chi connectivity index (χ3v) is 4.16. The van der Waals surface area contributed by atoms with Crippen molar-refractivity contribution in [2.24, 2.45) is 0 Å². The Kier molecular flexibility index (Phi) is 6.12. The Hall–Kier alpha value is -3.00. The minimum atomic E-state index is -0.614. The molecule has 0 bridgehead atoms. The van der Waals surface area contributed by atoms with E-state index in [1.165, 1.54) is 19.2 Å². The van der Waals surface area contributed by atoms with Crippen LogP contribution in [-0.2, 0) is 11.3 Å². The van der Waals surface area contributed by atoms with Gasteiger partial charge in [0.2, 0.25) is 0 Å². The summed E-state index contributed by atoms with van der Waals surface area (Å²) in [5.41, 5.74) is 0.911. The lowest BCUT2D eigenvalue weighted by molar-refractivity contribution is 0.0438. The number of rotatable bonds is 7. The summed E-state index contributed by atoms with van der Waals surface area (Å²) in [7, 11) is 1.47. The van der Waals surface area contributed by atoms with E-state index in [1.807, 2.05) is 20.8 Å². The Balaban J connectivity index is 1.71. The zero-order valence-corrected chi connectivity index (χ0v) is 17.5. The van der Waals surface area contributed by atoms with Crippen molar-refractivity contribution < 1.29 is 27.8 Å². The van der Waals surface area contributed by atoms with Gasteiger partial charge >= 0.3 is 5.97 Å². The lowest BCUT2D eigenvalue weighted by Gasteiger charge is -2.16. The van der Waals surface area contributed by atoms with Crippen LogP contribution < -0.4 is 9.47 Å². The highest BCUT2D eigenvalue weighted by atomic mass is 35.5. The fourth-order valence-electron chi connectivity index (χ4n) is 2.66. The first-order valence-corrected chi connectivity index (χ1v) is 9.27. The number of aryl methyl sites for hydroxylation is 2. The molecule has 0 saturated carbocycles. The van der Waals surface area contributed by atoms with Gasteiger partial charge in [0, 0.05) is 0 Å². The zero-order valence-electron chi connectivity index (χ0n) is 16.7. The van der Waals surface area contributed by atoms with Gasteiger partial charge in [-0.3, -0.25) is 0 Å². The van der Waals surface area contributed by atoms with Crippen LogP contribution in [0.25, 0.3) is 11.5 Å². The fraction of sp³-hybridized carbons (Fsp3) is 0.350. The average Bonchev–Trinajstić information content (AvgIpc) is 3.26. The number of methoxy groups -OCH3 is 1. The van der Waals surface area contributed by atoms with Gasteiger partial charge in [-0.05, 0) is 45.9 Å². The van der Waals surface area contributed by atoms with Crippen molar-refractivity contribution in [3.8, 4) is 23.0 Å². The number of carbonyl (C=O) groups excluding carboxylic acids is 1. The van der Waals surface area contributed by atoms with Crippen LogP contribution in [0.5, 0.6) is 11.5 Å². The van der Waals surface area contributed by atoms with Gasteiger partial charge in [-0.25, -0.2) is 4.79 Å². The molecule has 0 spiro atoms. The maximum atomic E-state index is 12.4. The molecule has 29 heavy (non-hydrogen) atoms. The van der Waals surface area contributed by atoms with Gasteiger partial charge in [0.05, 0.1) is 29.4 Å². The molecular weight excluding hydrogens is 400 g/mol. The third-order valence-electron chi connectivity index (χ3n) is 3.88. The minimum absolute atomic E-state index is 0.103. The predicted molar refractivity (Wildman–Crippen MR) is 104 cm³/mol. The Labute approximate surface area is 172 Å². The van der Waals surface area contributed by atoms with Crippen molar-refractivity contribution in [1.82, 2.24) is 10.2 Å². The molecule has 0 aliphatic carbocycles. The molecule has 0 fully saturated rings. The Bertz CT molecular complexity index is 1020. The number of benzene rings is 1. The van der Waals surface area contributed by atoms with Gasteiger partial charge in [0.25, 0.3) is 11.8 Å². The van der Waals surface area contributed by atoms with Gasteiger partial charge in [-0.1, -0.05) is 11.6 Å². The van der Waals surface area contributed by atoms with Crippen LogP contribution >= 0.6 is 11.6 Å². The number of ether oxygens (including phenoxy) is 3. The van der Waals surface area contributed by atoms with E-state index in [-0.39, 0.29) is 29.2 Å². The number of hydrogen-bond acceptors (Lipinski definition) is 8. The second-order valence-corrected chi connectivity index (χ2v) is 6.97. The van der Waals surface area contributed by atoms with Gasteiger partial charge in [-0.15, -0.1) is 10.2 Å². The van der Waals surface area contributed by atoms with Gasteiger partial charge in [0.1, 0.15) is 11.5 Å². The van der Waals surface area contributed by atoms with Crippen molar-refractivity contribution >= 4 is 17.6 Å². The Morgan fingerprint density at radius 3 is 2.55 bits per heavy atom. The van der Waals surface area contributed by atoms with Crippen LogP contribution in [0, 0.1) is 13.8 Å². The molecule has 8 nitrogen and oxygen atoms in total. The summed E-state index contributed by atoms with van der Waals surface area (Å²) in [6.07, 6.45) is -0.103. The van der Waals surface area contributed by atoms with E-state index in [1.54, 1.807) is 13.0 Å². The van der Waals surface area contributed by atoms with Gasteiger partial charge in [0.15, 0.2) is 18.1 Å². The summed E-state index contributed by atoms with van der Waals surface area (Å²) in [4.78, 5) is 12.4. The second kappa shape index (κ2) is 8.57. The summed E-state index contributed by atoms with van der Waals surface area (Å²) in [5.74, 6) is 1.95. The molecule has 9 heteroatoms. The van der Waals surface area contributed by atoms with Crippen molar-refractivity contribution in [3.63, 3.8) is 0 Å². The number of hydrogen-bond donors (Lipinski definition) is 0. The van der Waals surface area contributed by atoms with Crippen LogP contribution in [0.3, 0.4) is 0 Å². The standard InChI is InChI=1S/C20H21ClN2O6/c1-10(2)27-18-15(21)7-13(8-16(18)25-5)20(24)26-9-17-22-23-19(29-17)14-6-11(3)28-12(14)4/h6-8,10H,9H2,1-5H3. The highest BCUT2D eigenvalue weighted by molar-refractivity contribution is 6.32. The predicted octanol–water partition coefficient (Wildman–Crippen LogP) is 4.75. The van der Waals surface area contributed by atoms with E-state index in [9.17, 15) is 4.79 Å². The SMILES string of the molecule is COc1cc(C(=O)OCc2nnc(-c3cc(C)oc3C)o2)cc(Cl)c1OC(C)C. The topological polar surface area (TPSA) is 96.8 Å². The molecule has 0 aliphatic heterocycles. The van der Waals surface area contributed by atoms with Gasteiger partial charge < -0.3 is 23.0 Å².